The van der Waals surface area contributed by atoms with Crippen molar-refractivity contribution in [3.63, 3.8) is 0 Å². The Morgan fingerprint density at radius 2 is 2.24 bits per heavy atom. The van der Waals surface area contributed by atoms with Gasteiger partial charge in [0.05, 0.1) is 24.2 Å². The molecule has 3 rings (SSSR count). The van der Waals surface area contributed by atoms with Crippen LogP contribution in [0.2, 0.25) is 0 Å². The molecule has 1 aliphatic heterocycles. The summed E-state index contributed by atoms with van der Waals surface area (Å²) < 4.78 is 18.8. The van der Waals surface area contributed by atoms with Crippen LogP contribution in [-0.2, 0) is 10.2 Å². The molecule has 1 aliphatic rings. The molecule has 1 fully saturated rings. The summed E-state index contributed by atoms with van der Waals surface area (Å²) in [6, 6.07) is 2.84. The lowest BCUT2D eigenvalue weighted by molar-refractivity contribution is -0.0429. The summed E-state index contributed by atoms with van der Waals surface area (Å²) in [5.74, 6) is -0.402. The van der Waals surface area contributed by atoms with Crippen molar-refractivity contribution in [3.05, 3.63) is 45.9 Å². The fourth-order valence-electron chi connectivity index (χ4n) is 2.72. The Hall–Kier alpha value is -1.41. The number of nitrogens with zero attached hydrogens (tertiary/aromatic N) is 3. The molecule has 0 bridgehead atoms. The molecule has 0 aromatic carbocycles. The molecule has 1 N–H and O–H groups in total. The fourth-order valence-corrected chi connectivity index (χ4v) is 3.80. The highest BCUT2D eigenvalue weighted by Gasteiger charge is 2.28. The molecule has 0 saturated carbocycles. The molecular weight excluding hydrogens is 341 g/mol. The van der Waals surface area contributed by atoms with Crippen molar-refractivity contribution < 1.29 is 14.2 Å². The lowest BCUT2D eigenvalue weighted by Crippen LogP contribution is -2.40. The van der Waals surface area contributed by atoms with Crippen molar-refractivity contribution in [2.45, 2.75) is 38.4 Å². The van der Waals surface area contributed by atoms with Gasteiger partial charge in [-0.05, 0) is 12.1 Å². The molecule has 7 heteroatoms. The second-order valence-corrected chi connectivity index (χ2v) is 8.25. The summed E-state index contributed by atoms with van der Waals surface area (Å²) in [5, 5.41) is 13.4. The summed E-state index contributed by atoms with van der Waals surface area (Å²) >= 11 is 1.62. The fraction of sp³-hybridized carbons (Fsp3) is 0.556. The number of β-amino-alcohol motifs (C(OH)–C–C–N with tert-alkyl or cyclic N) is 1. The van der Waals surface area contributed by atoms with Crippen LogP contribution in [0.5, 0.6) is 0 Å². The predicted molar refractivity (Wildman–Crippen MR) is 95.1 cm³/mol. The monoisotopic (exact) mass is 365 g/mol. The van der Waals surface area contributed by atoms with Gasteiger partial charge in [-0.25, -0.2) is 9.37 Å². The van der Waals surface area contributed by atoms with E-state index in [0.717, 1.165) is 23.4 Å². The maximum Gasteiger partial charge on any atom is 0.141 e. The summed E-state index contributed by atoms with van der Waals surface area (Å²) in [6.07, 6.45) is 0.300. The van der Waals surface area contributed by atoms with E-state index in [0.29, 0.717) is 25.4 Å². The summed E-state index contributed by atoms with van der Waals surface area (Å²) in [6.45, 7) is 8.89. The number of morpholine rings is 1. The van der Waals surface area contributed by atoms with Crippen molar-refractivity contribution in [1.82, 2.24) is 14.9 Å². The third-order valence-electron chi connectivity index (χ3n) is 4.24. The van der Waals surface area contributed by atoms with Crippen LogP contribution < -0.4 is 0 Å². The van der Waals surface area contributed by atoms with Crippen LogP contribution in [0.3, 0.4) is 0 Å². The molecule has 136 valence electrons. The van der Waals surface area contributed by atoms with E-state index < -0.39 is 11.9 Å². The molecule has 2 aromatic heterocycles. The molecule has 0 amide bonds. The topological polar surface area (TPSA) is 58.5 Å². The van der Waals surface area contributed by atoms with Crippen LogP contribution in [0.4, 0.5) is 4.39 Å². The first-order valence-electron chi connectivity index (χ1n) is 8.42. The van der Waals surface area contributed by atoms with Gasteiger partial charge in [0.2, 0.25) is 0 Å². The number of halogens is 1. The lowest BCUT2D eigenvalue weighted by Gasteiger charge is -2.33. The van der Waals surface area contributed by atoms with E-state index in [-0.39, 0.29) is 11.5 Å². The van der Waals surface area contributed by atoms with Gasteiger partial charge in [0.15, 0.2) is 0 Å². The van der Waals surface area contributed by atoms with Crippen molar-refractivity contribution in [3.8, 4) is 0 Å². The minimum absolute atomic E-state index is 0.0214. The van der Waals surface area contributed by atoms with E-state index in [1.807, 2.05) is 0 Å². The average Bonchev–Trinajstić information content (AvgIpc) is 3.06. The molecule has 2 aromatic rings. The Kier molecular flexibility index (Phi) is 5.48. The van der Waals surface area contributed by atoms with E-state index in [1.165, 1.54) is 12.1 Å². The van der Waals surface area contributed by atoms with Crippen molar-refractivity contribution in [2.24, 2.45) is 0 Å². The first-order valence-corrected chi connectivity index (χ1v) is 9.30. The van der Waals surface area contributed by atoms with Crippen LogP contribution in [0.1, 0.15) is 49.4 Å². The van der Waals surface area contributed by atoms with Gasteiger partial charge in [0, 0.05) is 30.4 Å². The van der Waals surface area contributed by atoms with Crippen LogP contribution in [0.15, 0.2) is 23.7 Å². The van der Waals surface area contributed by atoms with Gasteiger partial charge < -0.3 is 9.84 Å². The molecular formula is C18H24FN3O2S. The summed E-state index contributed by atoms with van der Waals surface area (Å²) in [4.78, 5) is 10.8. The molecule has 0 spiro atoms. The normalized spacial score (nSPS) is 20.6. The van der Waals surface area contributed by atoms with Crippen molar-refractivity contribution in [1.29, 1.82) is 0 Å². The Bertz CT molecular complexity index is 699. The number of rotatable bonds is 4. The Labute approximate surface area is 151 Å². The first-order chi connectivity index (χ1) is 11.8. The number of hydrogen-bond donors (Lipinski definition) is 1. The SMILES string of the molecule is CC(C)(C)c1csc([C@@H]2CN(C[C@H](O)c3ccc(F)cn3)CCO2)n1. The van der Waals surface area contributed by atoms with Crippen LogP contribution in [0.25, 0.3) is 0 Å². The van der Waals surface area contributed by atoms with Gasteiger partial charge in [-0.1, -0.05) is 20.8 Å². The van der Waals surface area contributed by atoms with Crippen molar-refractivity contribution in [2.75, 3.05) is 26.2 Å². The zero-order valence-corrected chi connectivity index (χ0v) is 15.6. The molecule has 0 radical (unpaired) electrons. The maximum absolute atomic E-state index is 13.0. The smallest absolute Gasteiger partial charge is 0.141 e. The predicted octanol–water partition coefficient (Wildman–Crippen LogP) is 3.08. The highest BCUT2D eigenvalue weighted by molar-refractivity contribution is 7.09. The molecule has 3 heterocycles. The molecule has 0 aliphatic carbocycles. The third kappa shape index (κ3) is 4.61. The highest BCUT2D eigenvalue weighted by atomic mass is 32.1. The van der Waals surface area contributed by atoms with Gasteiger partial charge in [-0.2, -0.15) is 0 Å². The second kappa shape index (κ2) is 7.45. The molecule has 25 heavy (non-hydrogen) atoms. The third-order valence-corrected chi connectivity index (χ3v) is 5.18. The van der Waals surface area contributed by atoms with E-state index in [4.69, 9.17) is 9.72 Å². The van der Waals surface area contributed by atoms with Crippen molar-refractivity contribution >= 4 is 11.3 Å². The number of aliphatic hydroxyl groups excluding tert-OH is 1. The Morgan fingerprint density at radius 1 is 1.44 bits per heavy atom. The van der Waals surface area contributed by atoms with E-state index >= 15 is 0 Å². The summed E-state index contributed by atoms with van der Waals surface area (Å²) in [7, 11) is 0. The van der Waals surface area contributed by atoms with E-state index in [9.17, 15) is 9.50 Å². The second-order valence-electron chi connectivity index (χ2n) is 7.36. The van der Waals surface area contributed by atoms with Gasteiger partial charge >= 0.3 is 0 Å². The minimum atomic E-state index is -0.749. The largest absolute Gasteiger partial charge is 0.385 e. The Balaban J connectivity index is 1.63. The van der Waals surface area contributed by atoms with Crippen LogP contribution >= 0.6 is 11.3 Å². The first kappa shape index (κ1) is 18.4. The number of pyridine rings is 1. The van der Waals surface area contributed by atoms with Crippen LogP contribution in [-0.4, -0.2) is 46.2 Å². The Morgan fingerprint density at radius 3 is 2.88 bits per heavy atom. The lowest BCUT2D eigenvalue weighted by atomic mass is 9.93. The number of hydrogen-bond acceptors (Lipinski definition) is 6. The summed E-state index contributed by atoms with van der Waals surface area (Å²) in [5.41, 5.74) is 1.57. The van der Waals surface area contributed by atoms with Gasteiger partial charge in [0.1, 0.15) is 23.0 Å². The molecule has 2 atom stereocenters. The van der Waals surface area contributed by atoms with E-state index in [1.54, 1.807) is 11.3 Å². The minimum Gasteiger partial charge on any atom is -0.385 e. The van der Waals surface area contributed by atoms with Gasteiger partial charge in [-0.15, -0.1) is 11.3 Å². The maximum atomic E-state index is 13.0. The number of thiazole rings is 1. The average molecular weight is 365 g/mol. The zero-order chi connectivity index (χ0) is 18.0. The highest BCUT2D eigenvalue weighted by Crippen LogP contribution is 2.30. The quantitative estimate of drug-likeness (QED) is 0.902. The number of aromatic nitrogens is 2. The number of ether oxygens (including phenoxy) is 1. The van der Waals surface area contributed by atoms with Gasteiger partial charge in [0.25, 0.3) is 0 Å². The van der Waals surface area contributed by atoms with E-state index in [2.05, 4.69) is 36.0 Å². The molecule has 0 unspecified atom stereocenters. The standard InChI is InChI=1S/C18H24FN3O2S/c1-18(2,3)16-11-25-17(21-16)15-10-22(6-7-24-15)9-14(23)13-5-4-12(19)8-20-13/h4-5,8,11,14-15,23H,6-7,9-10H2,1-3H3/t14-,15-/m0/s1. The van der Waals surface area contributed by atoms with Gasteiger partial charge in [-0.3, -0.25) is 9.88 Å². The zero-order valence-electron chi connectivity index (χ0n) is 14.8. The number of aliphatic hydroxyl groups is 1. The molecule has 5 nitrogen and oxygen atoms in total. The van der Waals surface area contributed by atoms with Crippen LogP contribution in [0, 0.1) is 5.82 Å². The molecule has 1 saturated heterocycles.